The number of carbonyl (C=O) groups is 1. The highest BCUT2D eigenvalue weighted by Gasteiger charge is 2.11. The number of aliphatic carboxylic acids is 1. The molecule has 1 atom stereocenters. The first kappa shape index (κ1) is 11.1. The molecule has 1 aromatic rings. The summed E-state index contributed by atoms with van der Waals surface area (Å²) in [7, 11) is 0. The van der Waals surface area contributed by atoms with Crippen LogP contribution < -0.4 is 5.73 Å². The van der Waals surface area contributed by atoms with Crippen LogP contribution in [0.2, 0.25) is 0 Å². The molecular formula is C10H13NO2S. The highest BCUT2D eigenvalue weighted by molar-refractivity contribution is 7.99. The summed E-state index contributed by atoms with van der Waals surface area (Å²) in [6, 6.07) is 7.06. The first-order valence-corrected chi connectivity index (χ1v) is 5.26. The zero-order valence-corrected chi connectivity index (χ0v) is 8.75. The van der Waals surface area contributed by atoms with E-state index in [9.17, 15) is 4.79 Å². The summed E-state index contributed by atoms with van der Waals surface area (Å²) in [4.78, 5) is 11.6. The van der Waals surface area contributed by atoms with Crippen LogP contribution in [0.15, 0.2) is 29.2 Å². The number of hydrogen-bond donors (Lipinski definition) is 2. The predicted octanol–water partition coefficient (Wildman–Crippen LogP) is 1.50. The Hall–Kier alpha value is -1.00. The van der Waals surface area contributed by atoms with E-state index in [1.807, 2.05) is 31.2 Å². The lowest BCUT2D eigenvalue weighted by Crippen LogP contribution is -2.32. The zero-order valence-electron chi connectivity index (χ0n) is 7.93. The molecule has 0 saturated heterocycles. The van der Waals surface area contributed by atoms with E-state index in [1.165, 1.54) is 11.8 Å². The van der Waals surface area contributed by atoms with E-state index in [4.69, 9.17) is 10.8 Å². The molecule has 0 aliphatic carbocycles. The van der Waals surface area contributed by atoms with Crippen LogP contribution in [0.3, 0.4) is 0 Å². The van der Waals surface area contributed by atoms with Crippen LogP contribution in [0.5, 0.6) is 0 Å². The van der Waals surface area contributed by atoms with Crippen LogP contribution in [0.4, 0.5) is 0 Å². The summed E-state index contributed by atoms with van der Waals surface area (Å²) in [5.41, 5.74) is 6.54. The molecule has 3 nitrogen and oxygen atoms in total. The number of nitrogens with two attached hydrogens (primary N) is 1. The first-order valence-electron chi connectivity index (χ1n) is 4.28. The molecule has 3 N–H and O–H groups in total. The van der Waals surface area contributed by atoms with Gasteiger partial charge in [-0.15, -0.1) is 11.8 Å². The molecule has 0 aliphatic rings. The minimum Gasteiger partial charge on any atom is -0.480 e. The van der Waals surface area contributed by atoms with E-state index in [2.05, 4.69) is 0 Å². The minimum absolute atomic E-state index is 0.403. The maximum absolute atomic E-state index is 10.5. The van der Waals surface area contributed by atoms with Gasteiger partial charge in [0.1, 0.15) is 6.04 Å². The van der Waals surface area contributed by atoms with Gasteiger partial charge in [0.2, 0.25) is 0 Å². The van der Waals surface area contributed by atoms with Crippen LogP contribution in [-0.4, -0.2) is 22.9 Å². The Bertz CT molecular complexity index is 328. The van der Waals surface area contributed by atoms with Gasteiger partial charge in [-0.25, -0.2) is 0 Å². The average Bonchev–Trinajstić information content (AvgIpc) is 2.16. The van der Waals surface area contributed by atoms with Crippen molar-refractivity contribution in [1.82, 2.24) is 0 Å². The van der Waals surface area contributed by atoms with Crippen molar-refractivity contribution in [3.8, 4) is 0 Å². The lowest BCUT2D eigenvalue weighted by atomic mass is 10.2. The van der Waals surface area contributed by atoms with Crippen LogP contribution in [0.1, 0.15) is 5.56 Å². The quantitative estimate of drug-likeness (QED) is 0.741. The highest BCUT2D eigenvalue weighted by Crippen LogP contribution is 2.21. The summed E-state index contributed by atoms with van der Waals surface area (Å²) < 4.78 is 0. The third-order valence-electron chi connectivity index (χ3n) is 1.83. The second-order valence-corrected chi connectivity index (χ2v) is 4.08. The van der Waals surface area contributed by atoms with Crippen LogP contribution >= 0.6 is 11.8 Å². The topological polar surface area (TPSA) is 63.3 Å². The number of carboxylic acids is 1. The van der Waals surface area contributed by atoms with Crippen LogP contribution in [-0.2, 0) is 4.79 Å². The number of thioether (sulfide) groups is 1. The average molecular weight is 211 g/mol. The Morgan fingerprint density at radius 3 is 2.79 bits per heavy atom. The molecule has 0 radical (unpaired) electrons. The number of rotatable bonds is 4. The van der Waals surface area contributed by atoms with Crippen molar-refractivity contribution < 1.29 is 9.90 Å². The number of carboxylic acid groups (broad SMARTS) is 1. The highest BCUT2D eigenvalue weighted by atomic mass is 32.2. The van der Waals surface area contributed by atoms with Gasteiger partial charge in [0.25, 0.3) is 0 Å². The summed E-state index contributed by atoms with van der Waals surface area (Å²) in [5, 5.41) is 8.59. The Kier molecular flexibility index (Phi) is 3.98. The zero-order chi connectivity index (χ0) is 10.6. The van der Waals surface area contributed by atoms with Gasteiger partial charge < -0.3 is 10.8 Å². The van der Waals surface area contributed by atoms with Crippen molar-refractivity contribution in [2.75, 3.05) is 5.75 Å². The fourth-order valence-electron chi connectivity index (χ4n) is 0.969. The predicted molar refractivity (Wildman–Crippen MR) is 57.5 cm³/mol. The van der Waals surface area contributed by atoms with Crippen LogP contribution in [0, 0.1) is 6.92 Å². The molecule has 1 rings (SSSR count). The molecule has 0 aromatic heterocycles. The van der Waals surface area contributed by atoms with Crippen molar-refractivity contribution in [2.45, 2.75) is 17.9 Å². The van der Waals surface area contributed by atoms with E-state index in [0.29, 0.717) is 5.75 Å². The summed E-state index contributed by atoms with van der Waals surface area (Å²) in [5.74, 6) is -0.550. The van der Waals surface area contributed by atoms with Gasteiger partial charge in [-0.05, 0) is 18.6 Å². The van der Waals surface area contributed by atoms with Crippen LogP contribution in [0.25, 0.3) is 0 Å². The molecule has 0 heterocycles. The number of benzene rings is 1. The second kappa shape index (κ2) is 5.02. The molecule has 4 heteroatoms. The molecule has 0 aliphatic heterocycles. The van der Waals surface area contributed by atoms with Gasteiger partial charge >= 0.3 is 5.97 Å². The van der Waals surface area contributed by atoms with E-state index in [-0.39, 0.29) is 0 Å². The van der Waals surface area contributed by atoms with Gasteiger partial charge in [0.15, 0.2) is 0 Å². The Morgan fingerprint density at radius 2 is 2.21 bits per heavy atom. The number of hydrogen-bond acceptors (Lipinski definition) is 3. The SMILES string of the molecule is Cc1ccccc1SC[C@H](N)C(=O)O. The normalized spacial score (nSPS) is 12.4. The molecule has 0 unspecified atom stereocenters. The lowest BCUT2D eigenvalue weighted by Gasteiger charge is -2.07. The molecule has 14 heavy (non-hydrogen) atoms. The standard InChI is InChI=1S/C10H13NO2S/c1-7-4-2-3-5-9(7)14-6-8(11)10(12)13/h2-5,8H,6,11H2,1H3,(H,12,13)/t8-/m0/s1. The molecule has 0 spiro atoms. The van der Waals surface area contributed by atoms with Gasteiger partial charge in [-0.1, -0.05) is 18.2 Å². The van der Waals surface area contributed by atoms with Gasteiger partial charge in [-0.3, -0.25) is 4.79 Å². The fraction of sp³-hybridized carbons (Fsp3) is 0.300. The monoisotopic (exact) mass is 211 g/mol. The Labute approximate surface area is 87.3 Å². The number of aryl methyl sites for hydroxylation is 1. The summed E-state index contributed by atoms with van der Waals surface area (Å²) in [6.45, 7) is 1.99. The maximum Gasteiger partial charge on any atom is 0.321 e. The van der Waals surface area contributed by atoms with Crippen molar-refractivity contribution >= 4 is 17.7 Å². The molecule has 76 valence electrons. The molecule has 0 bridgehead atoms. The third-order valence-corrected chi connectivity index (χ3v) is 3.12. The van der Waals surface area contributed by atoms with Crippen molar-refractivity contribution in [1.29, 1.82) is 0 Å². The van der Waals surface area contributed by atoms with E-state index in [1.54, 1.807) is 0 Å². The third kappa shape index (κ3) is 3.05. The Morgan fingerprint density at radius 1 is 1.57 bits per heavy atom. The van der Waals surface area contributed by atoms with Crippen molar-refractivity contribution in [3.63, 3.8) is 0 Å². The molecule has 1 aromatic carbocycles. The maximum atomic E-state index is 10.5. The second-order valence-electron chi connectivity index (χ2n) is 3.02. The Balaban J connectivity index is 2.54. The van der Waals surface area contributed by atoms with Crippen molar-refractivity contribution in [3.05, 3.63) is 29.8 Å². The van der Waals surface area contributed by atoms with E-state index in [0.717, 1.165) is 10.5 Å². The van der Waals surface area contributed by atoms with Gasteiger partial charge in [0.05, 0.1) is 0 Å². The van der Waals surface area contributed by atoms with E-state index < -0.39 is 12.0 Å². The van der Waals surface area contributed by atoms with E-state index >= 15 is 0 Å². The lowest BCUT2D eigenvalue weighted by molar-refractivity contribution is -0.137. The van der Waals surface area contributed by atoms with Gasteiger partial charge in [0, 0.05) is 10.6 Å². The molecule has 0 fully saturated rings. The molecule has 0 amide bonds. The van der Waals surface area contributed by atoms with Crippen molar-refractivity contribution in [2.24, 2.45) is 5.73 Å². The molecule has 0 saturated carbocycles. The largest absolute Gasteiger partial charge is 0.480 e. The minimum atomic E-state index is -0.953. The first-order chi connectivity index (χ1) is 6.61. The summed E-state index contributed by atoms with van der Waals surface area (Å²) in [6.07, 6.45) is 0. The fourth-order valence-corrected chi connectivity index (χ4v) is 1.94. The van der Waals surface area contributed by atoms with Gasteiger partial charge in [-0.2, -0.15) is 0 Å². The summed E-state index contributed by atoms with van der Waals surface area (Å²) >= 11 is 1.48. The smallest absolute Gasteiger partial charge is 0.321 e. The molecular weight excluding hydrogens is 198 g/mol.